The van der Waals surface area contributed by atoms with E-state index in [9.17, 15) is 4.79 Å². The van der Waals surface area contributed by atoms with Crippen molar-refractivity contribution in [3.8, 4) is 0 Å². The number of thiophene rings is 1. The molecule has 0 radical (unpaired) electrons. The molecule has 3 rings (SSSR count). The van der Waals surface area contributed by atoms with Crippen LogP contribution >= 0.6 is 23.7 Å². The molecule has 0 bridgehead atoms. The highest BCUT2D eigenvalue weighted by Crippen LogP contribution is 2.24. The summed E-state index contributed by atoms with van der Waals surface area (Å²) < 4.78 is 0. The molecule has 3 N–H and O–H groups in total. The smallest absolute Gasteiger partial charge is 0.322 e. The van der Waals surface area contributed by atoms with Crippen LogP contribution in [0.1, 0.15) is 16.0 Å². The number of fused-ring (bicyclic) bond motifs is 1. The van der Waals surface area contributed by atoms with Gasteiger partial charge in [0.1, 0.15) is 0 Å². The lowest BCUT2D eigenvalue weighted by Crippen LogP contribution is -2.38. The lowest BCUT2D eigenvalue weighted by Gasteiger charge is -2.27. The molecule has 0 spiro atoms. The van der Waals surface area contributed by atoms with Crippen LogP contribution in [0.25, 0.3) is 0 Å². The van der Waals surface area contributed by atoms with Crippen molar-refractivity contribution in [1.29, 1.82) is 0 Å². The number of anilines is 1. The van der Waals surface area contributed by atoms with Crippen LogP contribution in [0.2, 0.25) is 0 Å². The van der Waals surface area contributed by atoms with E-state index in [1.165, 1.54) is 10.4 Å². The lowest BCUT2D eigenvalue weighted by molar-refractivity contribution is 0.207. The summed E-state index contributed by atoms with van der Waals surface area (Å²) in [6, 6.07) is 9.71. The minimum absolute atomic E-state index is 0. The molecule has 0 fully saturated rings. The van der Waals surface area contributed by atoms with Crippen LogP contribution < -0.4 is 11.1 Å². The standard InChI is InChI=1S/C15H17N3OS.ClH/c16-9-11-1-3-13(4-2-11)17-15(19)18-7-5-14-12(10-18)6-8-20-14;/h1-4,6,8H,5,7,9-10,16H2,(H,17,19);1H. The predicted molar refractivity (Wildman–Crippen MR) is 89.0 cm³/mol. The molecule has 1 aromatic carbocycles. The van der Waals surface area contributed by atoms with Gasteiger partial charge < -0.3 is 16.0 Å². The number of benzene rings is 1. The molecule has 6 heteroatoms. The normalized spacial score (nSPS) is 13.3. The van der Waals surface area contributed by atoms with Gasteiger partial charge in [0.15, 0.2) is 0 Å². The molecule has 2 aromatic rings. The SMILES string of the molecule is Cl.NCc1ccc(NC(=O)N2CCc3sccc3C2)cc1. The number of nitrogens with zero attached hydrogens (tertiary/aromatic N) is 1. The molecule has 0 saturated carbocycles. The Morgan fingerprint density at radius 3 is 2.76 bits per heavy atom. The molecule has 0 saturated heterocycles. The first-order valence-corrected chi connectivity index (χ1v) is 7.54. The summed E-state index contributed by atoms with van der Waals surface area (Å²) in [6.45, 7) is 1.99. The van der Waals surface area contributed by atoms with Gasteiger partial charge in [0.2, 0.25) is 0 Å². The van der Waals surface area contributed by atoms with Crippen LogP contribution in [0.5, 0.6) is 0 Å². The van der Waals surface area contributed by atoms with E-state index in [1.807, 2.05) is 29.2 Å². The van der Waals surface area contributed by atoms with Crippen LogP contribution in [0.15, 0.2) is 35.7 Å². The van der Waals surface area contributed by atoms with Gasteiger partial charge in [0, 0.05) is 30.2 Å². The molecule has 0 unspecified atom stereocenters. The first-order valence-electron chi connectivity index (χ1n) is 6.66. The Bertz CT molecular complexity index is 612. The third-order valence-corrected chi connectivity index (χ3v) is 4.56. The van der Waals surface area contributed by atoms with Crippen LogP contribution in [-0.2, 0) is 19.5 Å². The first kappa shape index (κ1) is 15.8. The summed E-state index contributed by atoms with van der Waals surface area (Å²) in [4.78, 5) is 15.5. The lowest BCUT2D eigenvalue weighted by atomic mass is 10.1. The highest BCUT2D eigenvalue weighted by molar-refractivity contribution is 7.10. The van der Waals surface area contributed by atoms with Gasteiger partial charge in [-0.05, 0) is 41.1 Å². The maximum absolute atomic E-state index is 12.2. The molecule has 0 aliphatic carbocycles. The van der Waals surface area contributed by atoms with Crippen LogP contribution in [0, 0.1) is 0 Å². The number of carbonyl (C=O) groups is 1. The Balaban J connectivity index is 0.00000161. The van der Waals surface area contributed by atoms with Crippen molar-refractivity contribution < 1.29 is 4.79 Å². The number of amides is 2. The summed E-state index contributed by atoms with van der Waals surface area (Å²) in [5, 5.41) is 5.03. The number of nitrogens with two attached hydrogens (primary N) is 1. The minimum atomic E-state index is -0.0395. The highest BCUT2D eigenvalue weighted by atomic mass is 35.5. The van der Waals surface area contributed by atoms with Gasteiger partial charge in [-0.2, -0.15) is 0 Å². The summed E-state index contributed by atoms with van der Waals surface area (Å²) in [7, 11) is 0. The zero-order valence-corrected chi connectivity index (χ0v) is 13.2. The second kappa shape index (κ2) is 6.93. The van der Waals surface area contributed by atoms with Crippen LogP contribution in [0.4, 0.5) is 10.5 Å². The monoisotopic (exact) mass is 323 g/mol. The van der Waals surface area contributed by atoms with Crippen molar-refractivity contribution in [1.82, 2.24) is 4.90 Å². The predicted octanol–water partition coefficient (Wildman–Crippen LogP) is 3.22. The van der Waals surface area contributed by atoms with E-state index >= 15 is 0 Å². The summed E-state index contributed by atoms with van der Waals surface area (Å²) in [5.74, 6) is 0. The third kappa shape index (κ3) is 3.56. The van der Waals surface area contributed by atoms with Gasteiger partial charge in [-0.3, -0.25) is 0 Å². The topological polar surface area (TPSA) is 58.4 Å². The van der Waals surface area contributed by atoms with E-state index in [0.717, 1.165) is 24.2 Å². The Kier molecular flexibility index (Phi) is 5.22. The van der Waals surface area contributed by atoms with Gasteiger partial charge in [-0.25, -0.2) is 4.79 Å². The number of hydrogen-bond acceptors (Lipinski definition) is 3. The molecule has 4 nitrogen and oxygen atoms in total. The summed E-state index contributed by atoms with van der Waals surface area (Å²) in [6.07, 6.45) is 0.951. The fourth-order valence-electron chi connectivity index (χ4n) is 2.35. The quantitative estimate of drug-likeness (QED) is 0.891. The molecular weight excluding hydrogens is 306 g/mol. The van der Waals surface area contributed by atoms with E-state index in [2.05, 4.69) is 16.8 Å². The molecule has 21 heavy (non-hydrogen) atoms. The maximum Gasteiger partial charge on any atom is 0.322 e. The maximum atomic E-state index is 12.2. The van der Waals surface area contributed by atoms with Crippen LogP contribution in [-0.4, -0.2) is 17.5 Å². The number of halogens is 1. The highest BCUT2D eigenvalue weighted by Gasteiger charge is 2.21. The van der Waals surface area contributed by atoms with E-state index in [4.69, 9.17) is 5.73 Å². The average Bonchev–Trinajstić information content (AvgIpc) is 2.95. The van der Waals surface area contributed by atoms with Gasteiger partial charge in [-0.15, -0.1) is 23.7 Å². The summed E-state index contributed by atoms with van der Waals surface area (Å²) in [5.41, 5.74) is 8.70. The van der Waals surface area contributed by atoms with Gasteiger partial charge in [0.25, 0.3) is 0 Å². The Morgan fingerprint density at radius 2 is 2.05 bits per heavy atom. The Morgan fingerprint density at radius 1 is 1.29 bits per heavy atom. The molecule has 1 aromatic heterocycles. The zero-order chi connectivity index (χ0) is 13.9. The van der Waals surface area contributed by atoms with Crippen molar-refractivity contribution in [3.05, 3.63) is 51.7 Å². The minimum Gasteiger partial charge on any atom is -0.326 e. The van der Waals surface area contributed by atoms with Crippen molar-refractivity contribution in [3.63, 3.8) is 0 Å². The molecule has 2 heterocycles. The third-order valence-electron chi connectivity index (χ3n) is 3.54. The second-order valence-corrected chi connectivity index (χ2v) is 5.87. The van der Waals surface area contributed by atoms with Crippen LogP contribution in [0.3, 0.4) is 0 Å². The molecule has 1 aliphatic rings. The van der Waals surface area contributed by atoms with E-state index < -0.39 is 0 Å². The van der Waals surface area contributed by atoms with Gasteiger partial charge in [-0.1, -0.05) is 12.1 Å². The number of carbonyl (C=O) groups excluding carboxylic acids is 1. The van der Waals surface area contributed by atoms with Crippen molar-refractivity contribution in [2.24, 2.45) is 5.73 Å². The number of urea groups is 1. The Labute approximate surface area is 134 Å². The van der Waals surface area contributed by atoms with E-state index in [-0.39, 0.29) is 18.4 Å². The number of rotatable bonds is 2. The first-order chi connectivity index (χ1) is 9.76. The molecule has 2 amide bonds. The number of hydrogen-bond donors (Lipinski definition) is 2. The van der Waals surface area contributed by atoms with E-state index in [1.54, 1.807) is 11.3 Å². The van der Waals surface area contributed by atoms with E-state index in [0.29, 0.717) is 13.1 Å². The fourth-order valence-corrected chi connectivity index (χ4v) is 3.24. The molecule has 112 valence electrons. The van der Waals surface area contributed by atoms with Crippen molar-refractivity contribution in [2.75, 3.05) is 11.9 Å². The fraction of sp³-hybridized carbons (Fsp3) is 0.267. The second-order valence-electron chi connectivity index (χ2n) is 4.87. The Hall–Kier alpha value is -1.56. The zero-order valence-electron chi connectivity index (χ0n) is 11.5. The number of nitrogens with one attached hydrogen (secondary N) is 1. The largest absolute Gasteiger partial charge is 0.326 e. The average molecular weight is 324 g/mol. The van der Waals surface area contributed by atoms with Crippen molar-refractivity contribution in [2.45, 2.75) is 19.5 Å². The summed E-state index contributed by atoms with van der Waals surface area (Å²) >= 11 is 1.78. The van der Waals surface area contributed by atoms with Crippen molar-refractivity contribution >= 4 is 35.5 Å². The molecule has 0 atom stereocenters. The van der Waals surface area contributed by atoms with Gasteiger partial charge in [0.05, 0.1) is 0 Å². The van der Waals surface area contributed by atoms with Gasteiger partial charge >= 0.3 is 6.03 Å². The molecular formula is C15H18ClN3OS. The molecule has 1 aliphatic heterocycles.